The maximum Gasteiger partial charge on any atom is 0.163 e. The Morgan fingerprint density at radius 2 is 1.78 bits per heavy atom. The molecule has 0 radical (unpaired) electrons. The van der Waals surface area contributed by atoms with Gasteiger partial charge in [-0.3, -0.25) is 0 Å². The summed E-state index contributed by atoms with van der Waals surface area (Å²) < 4.78 is 11.2. The average molecular weight is 249 g/mol. The topological polar surface area (TPSA) is 30.5 Å². The number of rotatable bonds is 6. The van der Waals surface area contributed by atoms with Gasteiger partial charge in [-0.05, 0) is 44.7 Å². The minimum atomic E-state index is 0.618. The van der Waals surface area contributed by atoms with Crippen molar-refractivity contribution in [2.24, 2.45) is 5.92 Å². The zero-order valence-electron chi connectivity index (χ0n) is 11.5. The molecule has 0 bridgehead atoms. The monoisotopic (exact) mass is 249 g/mol. The highest BCUT2D eigenvalue weighted by Gasteiger charge is 2.25. The Balaban J connectivity index is 2.04. The molecule has 3 nitrogen and oxygen atoms in total. The molecule has 0 heterocycles. The lowest BCUT2D eigenvalue weighted by molar-refractivity contribution is 0.287. The second kappa shape index (κ2) is 5.98. The van der Waals surface area contributed by atoms with Gasteiger partial charge in [0.05, 0.1) is 13.2 Å². The molecule has 0 saturated heterocycles. The van der Waals surface area contributed by atoms with Gasteiger partial charge in [-0.25, -0.2) is 0 Å². The SMILES string of the molecule is CCOc1ccc(NC2CC(C)C2)cc1OCC. The Hall–Kier alpha value is -1.38. The molecule has 0 atom stereocenters. The van der Waals surface area contributed by atoms with Gasteiger partial charge in [-0.2, -0.15) is 0 Å². The highest BCUT2D eigenvalue weighted by atomic mass is 16.5. The normalized spacial score (nSPS) is 22.2. The summed E-state index contributed by atoms with van der Waals surface area (Å²) in [5, 5.41) is 3.54. The first kappa shape index (κ1) is 13.1. The standard InChI is InChI=1S/C15H23NO2/c1-4-17-14-7-6-12(10-15(14)18-5-2)16-13-8-11(3)9-13/h6-7,10-11,13,16H,4-5,8-9H2,1-3H3. The van der Waals surface area contributed by atoms with Gasteiger partial charge in [0.1, 0.15) is 0 Å². The minimum absolute atomic E-state index is 0.618. The van der Waals surface area contributed by atoms with E-state index < -0.39 is 0 Å². The first-order valence-electron chi connectivity index (χ1n) is 6.89. The first-order chi connectivity index (χ1) is 8.72. The maximum absolute atomic E-state index is 5.62. The highest BCUT2D eigenvalue weighted by Crippen LogP contribution is 2.34. The van der Waals surface area contributed by atoms with E-state index in [2.05, 4.69) is 18.3 Å². The zero-order chi connectivity index (χ0) is 13.0. The number of benzene rings is 1. The molecule has 1 aliphatic carbocycles. The molecule has 0 aliphatic heterocycles. The minimum Gasteiger partial charge on any atom is -0.490 e. The predicted molar refractivity (Wildman–Crippen MR) is 74.6 cm³/mol. The summed E-state index contributed by atoms with van der Waals surface area (Å²) in [6.45, 7) is 7.58. The van der Waals surface area contributed by atoms with Crippen LogP contribution in [0.4, 0.5) is 5.69 Å². The predicted octanol–water partition coefficient (Wildman–Crippen LogP) is 3.69. The lowest BCUT2D eigenvalue weighted by atomic mass is 9.82. The van der Waals surface area contributed by atoms with Crippen LogP contribution < -0.4 is 14.8 Å². The Kier molecular flexibility index (Phi) is 4.34. The number of nitrogens with one attached hydrogen (secondary N) is 1. The zero-order valence-corrected chi connectivity index (χ0v) is 11.5. The van der Waals surface area contributed by atoms with Gasteiger partial charge in [0.15, 0.2) is 11.5 Å². The van der Waals surface area contributed by atoms with Crippen molar-refractivity contribution in [3.63, 3.8) is 0 Å². The van der Waals surface area contributed by atoms with E-state index in [0.29, 0.717) is 19.3 Å². The number of hydrogen-bond donors (Lipinski definition) is 1. The van der Waals surface area contributed by atoms with Crippen LogP contribution in [-0.4, -0.2) is 19.3 Å². The van der Waals surface area contributed by atoms with Crippen LogP contribution in [0.25, 0.3) is 0 Å². The van der Waals surface area contributed by atoms with Crippen LogP contribution in [-0.2, 0) is 0 Å². The molecule has 1 aromatic rings. The van der Waals surface area contributed by atoms with Gasteiger partial charge < -0.3 is 14.8 Å². The van der Waals surface area contributed by atoms with E-state index in [4.69, 9.17) is 9.47 Å². The molecule has 0 unspecified atom stereocenters. The third-order valence-corrected chi connectivity index (χ3v) is 3.29. The lowest BCUT2D eigenvalue weighted by Crippen LogP contribution is -2.33. The molecule has 0 amide bonds. The van der Waals surface area contributed by atoms with Crippen molar-refractivity contribution in [1.29, 1.82) is 0 Å². The lowest BCUT2D eigenvalue weighted by Gasteiger charge is -2.34. The van der Waals surface area contributed by atoms with Crippen molar-refractivity contribution in [3.05, 3.63) is 18.2 Å². The quantitative estimate of drug-likeness (QED) is 0.834. The van der Waals surface area contributed by atoms with Gasteiger partial charge in [0.2, 0.25) is 0 Å². The molecular formula is C15H23NO2. The van der Waals surface area contributed by atoms with E-state index in [1.807, 2.05) is 26.0 Å². The molecule has 1 aliphatic rings. The average Bonchev–Trinajstić information content (AvgIpc) is 2.31. The molecule has 3 heteroatoms. The molecule has 0 aromatic heterocycles. The largest absolute Gasteiger partial charge is 0.490 e. The van der Waals surface area contributed by atoms with Crippen molar-refractivity contribution in [3.8, 4) is 11.5 Å². The Morgan fingerprint density at radius 3 is 2.39 bits per heavy atom. The number of hydrogen-bond acceptors (Lipinski definition) is 3. The van der Waals surface area contributed by atoms with E-state index >= 15 is 0 Å². The molecule has 1 saturated carbocycles. The van der Waals surface area contributed by atoms with Gasteiger partial charge >= 0.3 is 0 Å². The third kappa shape index (κ3) is 3.09. The van der Waals surface area contributed by atoms with E-state index in [1.165, 1.54) is 12.8 Å². The van der Waals surface area contributed by atoms with Crippen LogP contribution in [0.5, 0.6) is 11.5 Å². The summed E-state index contributed by atoms with van der Waals surface area (Å²) in [5.41, 5.74) is 1.12. The van der Waals surface area contributed by atoms with Crippen LogP contribution in [0.1, 0.15) is 33.6 Å². The van der Waals surface area contributed by atoms with Crippen LogP contribution in [0, 0.1) is 5.92 Å². The van der Waals surface area contributed by atoms with Crippen molar-refractivity contribution < 1.29 is 9.47 Å². The van der Waals surface area contributed by atoms with Gasteiger partial charge in [-0.15, -0.1) is 0 Å². The summed E-state index contributed by atoms with van der Waals surface area (Å²) in [5.74, 6) is 2.51. The second-order valence-corrected chi connectivity index (χ2v) is 4.95. The molecule has 2 rings (SSSR count). The fraction of sp³-hybridized carbons (Fsp3) is 0.600. The van der Waals surface area contributed by atoms with Crippen LogP contribution in [0.3, 0.4) is 0 Å². The maximum atomic E-state index is 5.62. The fourth-order valence-corrected chi connectivity index (χ4v) is 2.40. The van der Waals surface area contributed by atoms with Crippen LogP contribution >= 0.6 is 0 Å². The molecule has 1 aromatic carbocycles. The Labute approximate surface area is 109 Å². The number of anilines is 1. The molecule has 1 N–H and O–H groups in total. The molecule has 18 heavy (non-hydrogen) atoms. The number of ether oxygens (including phenoxy) is 2. The van der Waals surface area contributed by atoms with Gasteiger partial charge in [0, 0.05) is 17.8 Å². The van der Waals surface area contributed by atoms with E-state index in [9.17, 15) is 0 Å². The van der Waals surface area contributed by atoms with Crippen molar-refractivity contribution in [1.82, 2.24) is 0 Å². The first-order valence-corrected chi connectivity index (χ1v) is 6.89. The Morgan fingerprint density at radius 1 is 1.11 bits per heavy atom. The molecule has 0 spiro atoms. The van der Waals surface area contributed by atoms with Crippen molar-refractivity contribution in [2.75, 3.05) is 18.5 Å². The summed E-state index contributed by atoms with van der Waals surface area (Å²) in [7, 11) is 0. The smallest absolute Gasteiger partial charge is 0.163 e. The van der Waals surface area contributed by atoms with Crippen molar-refractivity contribution in [2.45, 2.75) is 39.7 Å². The van der Waals surface area contributed by atoms with Gasteiger partial charge in [0.25, 0.3) is 0 Å². The van der Waals surface area contributed by atoms with Gasteiger partial charge in [-0.1, -0.05) is 6.92 Å². The van der Waals surface area contributed by atoms with Crippen LogP contribution in [0.15, 0.2) is 18.2 Å². The van der Waals surface area contributed by atoms with E-state index in [-0.39, 0.29) is 0 Å². The Bertz CT molecular complexity index is 386. The van der Waals surface area contributed by atoms with E-state index in [1.54, 1.807) is 0 Å². The summed E-state index contributed by atoms with van der Waals surface area (Å²) >= 11 is 0. The third-order valence-electron chi connectivity index (χ3n) is 3.29. The summed E-state index contributed by atoms with van der Waals surface area (Å²) in [6.07, 6.45) is 2.52. The van der Waals surface area contributed by atoms with E-state index in [0.717, 1.165) is 23.1 Å². The summed E-state index contributed by atoms with van der Waals surface area (Å²) in [6, 6.07) is 6.71. The molecule has 100 valence electrons. The second-order valence-electron chi connectivity index (χ2n) is 4.95. The van der Waals surface area contributed by atoms with Crippen molar-refractivity contribution >= 4 is 5.69 Å². The molecular weight excluding hydrogens is 226 g/mol. The van der Waals surface area contributed by atoms with Crippen LogP contribution in [0.2, 0.25) is 0 Å². The fourth-order valence-electron chi connectivity index (χ4n) is 2.40. The molecule has 1 fully saturated rings. The summed E-state index contributed by atoms with van der Waals surface area (Å²) in [4.78, 5) is 0. The highest BCUT2D eigenvalue weighted by molar-refractivity contribution is 5.55.